The summed E-state index contributed by atoms with van der Waals surface area (Å²) < 4.78 is 0. The molecule has 0 spiro atoms. The summed E-state index contributed by atoms with van der Waals surface area (Å²) in [4.78, 5) is 0. The molecular formula is C15H12Cl2N2. The lowest BCUT2D eigenvalue weighted by Gasteiger charge is -2.11. The fourth-order valence-electron chi connectivity index (χ4n) is 1.81. The lowest BCUT2D eigenvalue weighted by Crippen LogP contribution is -2.02. The van der Waals surface area contributed by atoms with Gasteiger partial charge in [-0.05, 0) is 48.4 Å². The second kappa shape index (κ2) is 5.97. The zero-order valence-corrected chi connectivity index (χ0v) is 11.9. The molecule has 2 nitrogen and oxygen atoms in total. The molecule has 0 unspecified atom stereocenters. The quantitative estimate of drug-likeness (QED) is 0.882. The van der Waals surface area contributed by atoms with Crippen LogP contribution in [0.2, 0.25) is 10.0 Å². The number of rotatable bonds is 3. The van der Waals surface area contributed by atoms with Crippen LogP contribution in [0.5, 0.6) is 0 Å². The Labute approximate surface area is 122 Å². The Morgan fingerprint density at radius 3 is 2.47 bits per heavy atom. The van der Waals surface area contributed by atoms with Crippen molar-refractivity contribution >= 4 is 28.9 Å². The van der Waals surface area contributed by atoms with E-state index >= 15 is 0 Å². The molecule has 0 saturated carbocycles. The zero-order chi connectivity index (χ0) is 13.8. The van der Waals surface area contributed by atoms with Crippen molar-refractivity contribution in [2.45, 2.75) is 13.5 Å². The van der Waals surface area contributed by atoms with E-state index in [2.05, 4.69) is 11.4 Å². The summed E-state index contributed by atoms with van der Waals surface area (Å²) >= 11 is 11.9. The Balaban J connectivity index is 2.19. The lowest BCUT2D eigenvalue weighted by molar-refractivity contribution is 1.12. The third-order valence-corrected chi connectivity index (χ3v) is 3.35. The third-order valence-electron chi connectivity index (χ3n) is 2.88. The Bertz CT molecular complexity index is 645. The van der Waals surface area contributed by atoms with Gasteiger partial charge in [-0.25, -0.2) is 0 Å². The first-order valence-electron chi connectivity index (χ1n) is 5.78. The highest BCUT2D eigenvalue weighted by molar-refractivity contribution is 6.31. The van der Waals surface area contributed by atoms with E-state index in [0.29, 0.717) is 17.1 Å². The second-order valence-corrected chi connectivity index (χ2v) is 5.10. The summed E-state index contributed by atoms with van der Waals surface area (Å²) in [5, 5.41) is 13.6. The largest absolute Gasteiger partial charge is 0.380 e. The predicted octanol–water partition coefficient (Wildman–Crippen LogP) is 4.79. The number of halogens is 2. The standard InChI is InChI=1S/C15H12Cl2N2/c1-10-6-13(16)5-3-12(10)9-19-15-7-14(17)4-2-11(15)8-18/h2-7,19H,9H2,1H3. The number of nitriles is 1. The van der Waals surface area contributed by atoms with E-state index in [0.717, 1.165) is 21.8 Å². The average Bonchev–Trinajstić information content (AvgIpc) is 2.38. The number of aryl methyl sites for hydroxylation is 1. The molecular weight excluding hydrogens is 279 g/mol. The van der Waals surface area contributed by atoms with Gasteiger partial charge in [0.25, 0.3) is 0 Å². The molecule has 0 amide bonds. The monoisotopic (exact) mass is 290 g/mol. The molecule has 0 saturated heterocycles. The van der Waals surface area contributed by atoms with Crippen LogP contribution in [-0.2, 0) is 6.54 Å². The van der Waals surface area contributed by atoms with Gasteiger partial charge in [-0.2, -0.15) is 5.26 Å². The van der Waals surface area contributed by atoms with E-state index in [4.69, 9.17) is 28.5 Å². The lowest BCUT2D eigenvalue weighted by atomic mass is 10.1. The van der Waals surface area contributed by atoms with Crippen LogP contribution in [0.1, 0.15) is 16.7 Å². The minimum absolute atomic E-state index is 0.580. The van der Waals surface area contributed by atoms with Gasteiger partial charge in [0.2, 0.25) is 0 Å². The van der Waals surface area contributed by atoms with Gasteiger partial charge in [-0.15, -0.1) is 0 Å². The van der Waals surface area contributed by atoms with Crippen LogP contribution in [0.15, 0.2) is 36.4 Å². The molecule has 2 aromatic carbocycles. The summed E-state index contributed by atoms with van der Waals surface area (Å²) in [7, 11) is 0. The number of benzene rings is 2. The molecule has 2 rings (SSSR count). The highest BCUT2D eigenvalue weighted by Gasteiger charge is 2.04. The van der Waals surface area contributed by atoms with Crippen molar-refractivity contribution < 1.29 is 0 Å². The average molecular weight is 291 g/mol. The van der Waals surface area contributed by atoms with Crippen LogP contribution in [0.3, 0.4) is 0 Å². The van der Waals surface area contributed by atoms with E-state index in [-0.39, 0.29) is 0 Å². The second-order valence-electron chi connectivity index (χ2n) is 4.23. The van der Waals surface area contributed by atoms with Crippen LogP contribution in [0.4, 0.5) is 5.69 Å². The van der Waals surface area contributed by atoms with Crippen molar-refractivity contribution in [1.29, 1.82) is 5.26 Å². The molecule has 96 valence electrons. The van der Waals surface area contributed by atoms with Crippen molar-refractivity contribution in [3.05, 3.63) is 63.1 Å². The van der Waals surface area contributed by atoms with E-state index in [1.165, 1.54) is 0 Å². The van der Waals surface area contributed by atoms with Gasteiger partial charge >= 0.3 is 0 Å². The van der Waals surface area contributed by atoms with Gasteiger partial charge in [0.05, 0.1) is 11.3 Å². The maximum atomic E-state index is 9.05. The van der Waals surface area contributed by atoms with Gasteiger partial charge < -0.3 is 5.32 Å². The first kappa shape index (κ1) is 13.7. The summed E-state index contributed by atoms with van der Waals surface area (Å²) in [5.74, 6) is 0. The normalized spacial score (nSPS) is 10.0. The molecule has 0 aliphatic heterocycles. The van der Waals surface area contributed by atoms with Gasteiger partial charge in [-0.1, -0.05) is 29.3 Å². The SMILES string of the molecule is Cc1cc(Cl)ccc1CNc1cc(Cl)ccc1C#N. The minimum Gasteiger partial charge on any atom is -0.380 e. The van der Waals surface area contributed by atoms with Crippen LogP contribution in [0.25, 0.3) is 0 Å². The summed E-state index contributed by atoms with van der Waals surface area (Å²) in [6.45, 7) is 2.63. The molecule has 1 N–H and O–H groups in total. The Morgan fingerprint density at radius 1 is 1.11 bits per heavy atom. The maximum absolute atomic E-state index is 9.05. The Morgan fingerprint density at radius 2 is 1.79 bits per heavy atom. The molecule has 0 aliphatic rings. The first-order valence-corrected chi connectivity index (χ1v) is 6.54. The van der Waals surface area contributed by atoms with Crippen molar-refractivity contribution in [2.75, 3.05) is 5.32 Å². The minimum atomic E-state index is 0.580. The number of hydrogen-bond donors (Lipinski definition) is 1. The fraction of sp³-hybridized carbons (Fsp3) is 0.133. The number of hydrogen-bond acceptors (Lipinski definition) is 2. The number of nitrogens with zero attached hydrogens (tertiary/aromatic N) is 1. The highest BCUT2D eigenvalue weighted by atomic mass is 35.5. The van der Waals surface area contributed by atoms with E-state index < -0.39 is 0 Å². The smallest absolute Gasteiger partial charge is 0.101 e. The fourth-order valence-corrected chi connectivity index (χ4v) is 2.21. The van der Waals surface area contributed by atoms with E-state index in [1.807, 2.05) is 25.1 Å². The number of nitrogens with one attached hydrogen (secondary N) is 1. The topological polar surface area (TPSA) is 35.8 Å². The summed E-state index contributed by atoms with van der Waals surface area (Å²) in [6.07, 6.45) is 0. The van der Waals surface area contributed by atoms with Crippen LogP contribution in [0, 0.1) is 18.3 Å². The molecule has 2 aromatic rings. The molecule has 0 aliphatic carbocycles. The van der Waals surface area contributed by atoms with Crippen molar-refractivity contribution in [2.24, 2.45) is 0 Å². The summed E-state index contributed by atoms with van der Waals surface area (Å²) in [6, 6.07) is 13.1. The van der Waals surface area contributed by atoms with Gasteiger partial charge in [0, 0.05) is 16.6 Å². The van der Waals surface area contributed by atoms with Crippen LogP contribution >= 0.6 is 23.2 Å². The third kappa shape index (κ3) is 3.41. The predicted molar refractivity (Wildman–Crippen MR) is 79.7 cm³/mol. The molecule has 0 aromatic heterocycles. The molecule has 0 fully saturated rings. The maximum Gasteiger partial charge on any atom is 0.101 e. The molecule has 4 heteroatoms. The number of anilines is 1. The van der Waals surface area contributed by atoms with Crippen LogP contribution < -0.4 is 5.32 Å². The van der Waals surface area contributed by atoms with Crippen LogP contribution in [-0.4, -0.2) is 0 Å². The molecule has 0 atom stereocenters. The Hall–Kier alpha value is -1.69. The highest BCUT2D eigenvalue weighted by Crippen LogP contribution is 2.22. The molecule has 0 bridgehead atoms. The first-order chi connectivity index (χ1) is 9.10. The molecule has 0 radical (unpaired) electrons. The Kier molecular flexibility index (Phi) is 4.31. The van der Waals surface area contributed by atoms with Gasteiger partial charge in [0.1, 0.15) is 6.07 Å². The molecule has 0 heterocycles. The van der Waals surface area contributed by atoms with Crippen molar-refractivity contribution in [3.8, 4) is 6.07 Å². The van der Waals surface area contributed by atoms with Gasteiger partial charge in [-0.3, -0.25) is 0 Å². The van der Waals surface area contributed by atoms with E-state index in [9.17, 15) is 0 Å². The zero-order valence-electron chi connectivity index (χ0n) is 10.4. The summed E-state index contributed by atoms with van der Waals surface area (Å²) in [5.41, 5.74) is 3.56. The van der Waals surface area contributed by atoms with Crippen molar-refractivity contribution in [3.63, 3.8) is 0 Å². The van der Waals surface area contributed by atoms with Crippen molar-refractivity contribution in [1.82, 2.24) is 0 Å². The van der Waals surface area contributed by atoms with Gasteiger partial charge in [0.15, 0.2) is 0 Å². The molecule has 19 heavy (non-hydrogen) atoms. The van der Waals surface area contributed by atoms with E-state index in [1.54, 1.807) is 18.2 Å².